The van der Waals surface area contributed by atoms with Crippen molar-refractivity contribution in [3.63, 3.8) is 0 Å². The number of hydrogen-bond donors (Lipinski definition) is 0. The normalized spacial score (nSPS) is 10.5. The predicted octanol–water partition coefficient (Wildman–Crippen LogP) is 3.09. The van der Waals surface area contributed by atoms with Crippen molar-refractivity contribution in [1.82, 2.24) is 9.55 Å². The van der Waals surface area contributed by atoms with Gasteiger partial charge in [0.1, 0.15) is 0 Å². The molecule has 1 heterocycles. The maximum Gasteiger partial charge on any atom is 0.0997 e. The van der Waals surface area contributed by atoms with Gasteiger partial charge in [-0.3, -0.25) is 0 Å². The van der Waals surface area contributed by atoms with Crippen LogP contribution in [0.3, 0.4) is 0 Å². The molecule has 3 heteroatoms. The van der Waals surface area contributed by atoms with Crippen molar-refractivity contribution in [1.29, 1.82) is 0 Å². The maximum absolute atomic E-state index is 4.28. The van der Waals surface area contributed by atoms with Crippen LogP contribution in [0.25, 0.3) is 5.69 Å². The van der Waals surface area contributed by atoms with E-state index >= 15 is 0 Å². The second-order valence-corrected chi connectivity index (χ2v) is 4.51. The van der Waals surface area contributed by atoms with Crippen LogP contribution in [0.2, 0.25) is 0 Å². The molecule has 72 valence electrons. The van der Waals surface area contributed by atoms with Crippen LogP contribution >= 0.6 is 22.6 Å². The van der Waals surface area contributed by atoms with Crippen molar-refractivity contribution in [3.05, 3.63) is 45.6 Å². The highest BCUT2D eigenvalue weighted by atomic mass is 127. The SMILES string of the molecule is Cc1ncn(-c2ccc(I)cc2)c1C. The molecule has 0 N–H and O–H groups in total. The number of benzene rings is 1. The number of aromatic nitrogens is 2. The summed E-state index contributed by atoms with van der Waals surface area (Å²) in [5.74, 6) is 0. The summed E-state index contributed by atoms with van der Waals surface area (Å²) in [6, 6.07) is 8.42. The van der Waals surface area contributed by atoms with Gasteiger partial charge in [-0.2, -0.15) is 0 Å². The Morgan fingerprint density at radius 1 is 1.14 bits per heavy atom. The molecule has 0 aliphatic rings. The molecular weight excluding hydrogens is 287 g/mol. The highest BCUT2D eigenvalue weighted by Gasteiger charge is 2.03. The lowest BCUT2D eigenvalue weighted by Crippen LogP contribution is -1.94. The summed E-state index contributed by atoms with van der Waals surface area (Å²) in [5.41, 5.74) is 3.46. The van der Waals surface area contributed by atoms with E-state index in [2.05, 4.69) is 63.3 Å². The second kappa shape index (κ2) is 3.73. The van der Waals surface area contributed by atoms with Gasteiger partial charge in [0.25, 0.3) is 0 Å². The van der Waals surface area contributed by atoms with E-state index in [1.807, 2.05) is 13.3 Å². The average molecular weight is 298 g/mol. The third kappa shape index (κ3) is 1.68. The van der Waals surface area contributed by atoms with Crippen LogP contribution in [0, 0.1) is 17.4 Å². The van der Waals surface area contributed by atoms with Crippen molar-refractivity contribution >= 4 is 22.6 Å². The number of nitrogens with zero attached hydrogens (tertiary/aromatic N) is 2. The number of rotatable bonds is 1. The van der Waals surface area contributed by atoms with Crippen LogP contribution in [-0.4, -0.2) is 9.55 Å². The Balaban J connectivity index is 2.49. The van der Waals surface area contributed by atoms with E-state index in [0.29, 0.717) is 0 Å². The molecule has 0 amide bonds. The Kier molecular flexibility index (Phi) is 2.58. The van der Waals surface area contributed by atoms with Crippen LogP contribution in [0.15, 0.2) is 30.6 Å². The van der Waals surface area contributed by atoms with Crippen molar-refractivity contribution in [2.45, 2.75) is 13.8 Å². The van der Waals surface area contributed by atoms with Gasteiger partial charge in [-0.25, -0.2) is 4.98 Å². The molecule has 0 aliphatic heterocycles. The van der Waals surface area contributed by atoms with Gasteiger partial charge in [-0.05, 0) is 60.7 Å². The maximum atomic E-state index is 4.28. The zero-order valence-electron chi connectivity index (χ0n) is 8.16. The van der Waals surface area contributed by atoms with E-state index in [-0.39, 0.29) is 0 Å². The van der Waals surface area contributed by atoms with Gasteiger partial charge < -0.3 is 4.57 Å². The standard InChI is InChI=1S/C11H11IN2/c1-8-9(2)14(7-13-8)11-5-3-10(12)4-6-11/h3-7H,1-2H3. The van der Waals surface area contributed by atoms with Gasteiger partial charge in [0, 0.05) is 15.0 Å². The molecule has 2 rings (SSSR count). The lowest BCUT2D eigenvalue weighted by molar-refractivity contribution is 1.00. The molecule has 0 saturated heterocycles. The van der Waals surface area contributed by atoms with Gasteiger partial charge in [0.2, 0.25) is 0 Å². The van der Waals surface area contributed by atoms with E-state index in [0.717, 1.165) is 5.69 Å². The number of hydrogen-bond acceptors (Lipinski definition) is 1. The van der Waals surface area contributed by atoms with Crippen molar-refractivity contribution in [2.24, 2.45) is 0 Å². The van der Waals surface area contributed by atoms with Gasteiger partial charge in [0.15, 0.2) is 0 Å². The minimum atomic E-state index is 1.09. The molecule has 0 atom stereocenters. The molecule has 0 saturated carbocycles. The largest absolute Gasteiger partial charge is 0.303 e. The lowest BCUT2D eigenvalue weighted by atomic mass is 10.3. The van der Waals surface area contributed by atoms with E-state index in [1.165, 1.54) is 15.0 Å². The molecule has 0 bridgehead atoms. The summed E-state index contributed by atoms with van der Waals surface area (Å²) in [4.78, 5) is 4.28. The molecule has 2 nitrogen and oxygen atoms in total. The molecule has 0 radical (unpaired) electrons. The van der Waals surface area contributed by atoms with E-state index in [4.69, 9.17) is 0 Å². The Morgan fingerprint density at radius 2 is 1.79 bits per heavy atom. The van der Waals surface area contributed by atoms with Crippen molar-refractivity contribution < 1.29 is 0 Å². The topological polar surface area (TPSA) is 17.8 Å². The highest BCUT2D eigenvalue weighted by Crippen LogP contribution is 2.14. The smallest absolute Gasteiger partial charge is 0.0997 e. The Labute approximate surface area is 97.1 Å². The zero-order chi connectivity index (χ0) is 10.1. The van der Waals surface area contributed by atoms with E-state index in [1.54, 1.807) is 0 Å². The summed E-state index contributed by atoms with van der Waals surface area (Å²) in [6.45, 7) is 4.11. The average Bonchev–Trinajstić information content (AvgIpc) is 2.50. The molecule has 0 unspecified atom stereocenters. The minimum Gasteiger partial charge on any atom is -0.303 e. The first-order chi connectivity index (χ1) is 6.68. The number of imidazole rings is 1. The third-order valence-corrected chi connectivity index (χ3v) is 3.08. The summed E-state index contributed by atoms with van der Waals surface area (Å²) in [7, 11) is 0. The molecule has 0 fully saturated rings. The fraction of sp³-hybridized carbons (Fsp3) is 0.182. The molecule has 14 heavy (non-hydrogen) atoms. The lowest BCUT2D eigenvalue weighted by Gasteiger charge is -2.04. The van der Waals surface area contributed by atoms with Crippen LogP contribution in [0.5, 0.6) is 0 Å². The van der Waals surface area contributed by atoms with E-state index < -0.39 is 0 Å². The first-order valence-corrected chi connectivity index (χ1v) is 5.53. The highest BCUT2D eigenvalue weighted by molar-refractivity contribution is 14.1. The zero-order valence-corrected chi connectivity index (χ0v) is 10.3. The summed E-state index contributed by atoms with van der Waals surface area (Å²) in [6.07, 6.45) is 1.87. The van der Waals surface area contributed by atoms with Crippen LogP contribution in [-0.2, 0) is 0 Å². The fourth-order valence-electron chi connectivity index (χ4n) is 1.36. The third-order valence-electron chi connectivity index (χ3n) is 2.36. The summed E-state index contributed by atoms with van der Waals surface area (Å²) in [5, 5.41) is 0. The van der Waals surface area contributed by atoms with Gasteiger partial charge in [0.05, 0.1) is 12.0 Å². The predicted molar refractivity (Wildman–Crippen MR) is 65.8 cm³/mol. The summed E-state index contributed by atoms with van der Waals surface area (Å²) >= 11 is 2.30. The first kappa shape index (κ1) is 9.71. The molecule has 1 aromatic carbocycles. The number of aryl methyl sites for hydroxylation is 1. The summed E-state index contributed by atoms with van der Waals surface area (Å²) < 4.78 is 3.35. The van der Waals surface area contributed by atoms with E-state index in [9.17, 15) is 0 Å². The van der Waals surface area contributed by atoms with Gasteiger partial charge >= 0.3 is 0 Å². The van der Waals surface area contributed by atoms with Crippen molar-refractivity contribution in [3.8, 4) is 5.69 Å². The minimum absolute atomic E-state index is 1.09. The van der Waals surface area contributed by atoms with Gasteiger partial charge in [-0.15, -0.1) is 0 Å². The second-order valence-electron chi connectivity index (χ2n) is 3.26. The molecule has 0 spiro atoms. The van der Waals surface area contributed by atoms with Crippen LogP contribution in [0.4, 0.5) is 0 Å². The Hall–Kier alpha value is -0.840. The van der Waals surface area contributed by atoms with Gasteiger partial charge in [-0.1, -0.05) is 0 Å². The molecule has 2 aromatic rings. The molecule has 0 aliphatic carbocycles. The fourth-order valence-corrected chi connectivity index (χ4v) is 1.72. The Bertz CT molecular complexity index is 443. The quantitative estimate of drug-likeness (QED) is 0.740. The first-order valence-electron chi connectivity index (χ1n) is 4.45. The molecular formula is C11H11IN2. The Morgan fingerprint density at radius 3 is 2.29 bits per heavy atom. The number of halogens is 1. The molecule has 1 aromatic heterocycles. The monoisotopic (exact) mass is 298 g/mol. The van der Waals surface area contributed by atoms with Crippen molar-refractivity contribution in [2.75, 3.05) is 0 Å². The van der Waals surface area contributed by atoms with Crippen LogP contribution < -0.4 is 0 Å². The van der Waals surface area contributed by atoms with Crippen LogP contribution in [0.1, 0.15) is 11.4 Å².